The van der Waals surface area contributed by atoms with Gasteiger partial charge in [-0.15, -0.1) is 0 Å². The van der Waals surface area contributed by atoms with E-state index in [0.717, 1.165) is 37.1 Å². The molecule has 2 heterocycles. The van der Waals surface area contributed by atoms with Gasteiger partial charge in [-0.2, -0.15) is 0 Å². The number of rotatable bonds is 3. The molecule has 4 nitrogen and oxygen atoms in total. The van der Waals surface area contributed by atoms with Crippen LogP contribution in [-0.4, -0.2) is 29.4 Å². The summed E-state index contributed by atoms with van der Waals surface area (Å²) in [5.74, 6) is 1.04. The van der Waals surface area contributed by atoms with Crippen LogP contribution < -0.4 is 4.74 Å². The highest BCUT2D eigenvalue weighted by Gasteiger charge is 2.31. The van der Waals surface area contributed by atoms with E-state index >= 15 is 0 Å². The van der Waals surface area contributed by atoms with Gasteiger partial charge < -0.3 is 14.6 Å². The summed E-state index contributed by atoms with van der Waals surface area (Å²) in [5, 5.41) is 1.23. The maximum atomic E-state index is 11.9. The molecule has 1 aromatic heterocycles. The highest BCUT2D eigenvalue weighted by molar-refractivity contribution is 5.87. The van der Waals surface area contributed by atoms with Gasteiger partial charge in [0.2, 0.25) is 5.91 Å². The van der Waals surface area contributed by atoms with Crippen LogP contribution in [0.3, 0.4) is 0 Å². The minimum absolute atomic E-state index is 0.162. The number of amides is 1. The molecule has 0 aliphatic carbocycles. The summed E-state index contributed by atoms with van der Waals surface area (Å²) in [4.78, 5) is 17.4. The van der Waals surface area contributed by atoms with Gasteiger partial charge in [0.05, 0.1) is 13.2 Å². The number of hydrogen-bond acceptors (Lipinski definition) is 2. The van der Waals surface area contributed by atoms with Crippen LogP contribution in [0.15, 0.2) is 18.2 Å². The molecule has 1 aliphatic rings. The molecular formula is C17H22N2O2. The number of carbonyl (C=O) groups is 1. The molecule has 1 atom stereocenters. The van der Waals surface area contributed by atoms with Crippen LogP contribution in [0, 0.1) is 0 Å². The van der Waals surface area contributed by atoms with Gasteiger partial charge in [0.1, 0.15) is 5.75 Å². The van der Waals surface area contributed by atoms with Gasteiger partial charge in [-0.25, -0.2) is 0 Å². The Balaban J connectivity index is 2.12. The van der Waals surface area contributed by atoms with E-state index in [-0.39, 0.29) is 11.9 Å². The first-order valence-electron chi connectivity index (χ1n) is 7.61. The minimum Gasteiger partial charge on any atom is -0.497 e. The quantitative estimate of drug-likeness (QED) is 0.939. The molecule has 0 bridgehead atoms. The number of nitrogens with zero attached hydrogens (tertiary/aromatic N) is 1. The molecule has 3 rings (SSSR count). The van der Waals surface area contributed by atoms with Crippen LogP contribution in [0.25, 0.3) is 10.9 Å². The molecule has 1 N–H and O–H groups in total. The fourth-order valence-corrected chi connectivity index (χ4v) is 3.42. The predicted molar refractivity (Wildman–Crippen MR) is 83.6 cm³/mol. The summed E-state index contributed by atoms with van der Waals surface area (Å²) >= 11 is 0. The maximum absolute atomic E-state index is 11.9. The highest BCUT2D eigenvalue weighted by atomic mass is 16.5. The summed E-state index contributed by atoms with van der Waals surface area (Å²) in [5.41, 5.74) is 3.69. The predicted octanol–water partition coefficient (Wildman–Crippen LogP) is 3.42. The monoisotopic (exact) mass is 286 g/mol. The smallest absolute Gasteiger partial charge is 0.220 e. The number of nitrogens with one attached hydrogen (secondary N) is 1. The third-order valence-electron chi connectivity index (χ3n) is 4.43. The molecule has 1 aliphatic heterocycles. The average Bonchev–Trinajstić information content (AvgIpc) is 2.85. The first-order chi connectivity index (χ1) is 10.2. The molecule has 21 heavy (non-hydrogen) atoms. The lowest BCUT2D eigenvalue weighted by Crippen LogP contribution is -2.38. The number of fused-ring (bicyclic) bond motifs is 3. The van der Waals surface area contributed by atoms with Gasteiger partial charge in [0.25, 0.3) is 0 Å². The zero-order chi connectivity index (χ0) is 15.0. The molecule has 1 amide bonds. The van der Waals surface area contributed by atoms with Crippen molar-refractivity contribution in [3.8, 4) is 5.75 Å². The summed E-state index contributed by atoms with van der Waals surface area (Å²) in [6, 6.07) is 6.31. The first-order valence-corrected chi connectivity index (χ1v) is 7.61. The van der Waals surface area contributed by atoms with Crippen LogP contribution in [-0.2, 0) is 11.2 Å². The van der Waals surface area contributed by atoms with Crippen LogP contribution in [0.5, 0.6) is 5.75 Å². The molecule has 0 saturated carbocycles. The summed E-state index contributed by atoms with van der Waals surface area (Å²) < 4.78 is 5.34. The maximum Gasteiger partial charge on any atom is 0.220 e. The average molecular weight is 286 g/mol. The van der Waals surface area contributed by atoms with E-state index in [9.17, 15) is 4.79 Å². The Morgan fingerprint density at radius 3 is 2.95 bits per heavy atom. The minimum atomic E-state index is 0.162. The Morgan fingerprint density at radius 1 is 1.48 bits per heavy atom. The van der Waals surface area contributed by atoms with E-state index in [2.05, 4.69) is 24.0 Å². The van der Waals surface area contributed by atoms with Crippen molar-refractivity contribution < 1.29 is 9.53 Å². The van der Waals surface area contributed by atoms with Crippen molar-refractivity contribution in [3.05, 3.63) is 29.5 Å². The number of ether oxygens (including phenoxy) is 1. The van der Waals surface area contributed by atoms with E-state index in [0.29, 0.717) is 0 Å². The van der Waals surface area contributed by atoms with E-state index < -0.39 is 0 Å². The molecular weight excluding hydrogens is 264 g/mol. The van der Waals surface area contributed by atoms with Crippen molar-refractivity contribution >= 4 is 16.8 Å². The van der Waals surface area contributed by atoms with Gasteiger partial charge >= 0.3 is 0 Å². The second kappa shape index (κ2) is 5.43. The van der Waals surface area contributed by atoms with E-state index in [4.69, 9.17) is 4.74 Å². The Kier molecular flexibility index (Phi) is 3.62. The van der Waals surface area contributed by atoms with Gasteiger partial charge in [0.15, 0.2) is 0 Å². The second-order valence-corrected chi connectivity index (χ2v) is 5.70. The lowest BCUT2D eigenvalue weighted by atomic mass is 9.94. The van der Waals surface area contributed by atoms with Crippen LogP contribution in [0.1, 0.15) is 44.0 Å². The fourth-order valence-electron chi connectivity index (χ4n) is 3.42. The van der Waals surface area contributed by atoms with Crippen molar-refractivity contribution in [1.82, 2.24) is 9.88 Å². The van der Waals surface area contributed by atoms with Gasteiger partial charge in [-0.1, -0.05) is 13.3 Å². The zero-order valence-corrected chi connectivity index (χ0v) is 12.9. The Morgan fingerprint density at radius 2 is 2.29 bits per heavy atom. The molecule has 4 heteroatoms. The second-order valence-electron chi connectivity index (χ2n) is 5.70. The Hall–Kier alpha value is -1.97. The number of aromatic amines is 1. The number of aromatic nitrogens is 1. The Labute approximate surface area is 125 Å². The van der Waals surface area contributed by atoms with Gasteiger partial charge in [0, 0.05) is 30.1 Å². The Bertz CT molecular complexity index is 675. The van der Waals surface area contributed by atoms with Crippen molar-refractivity contribution in [3.63, 3.8) is 0 Å². The molecule has 0 radical (unpaired) electrons. The van der Waals surface area contributed by atoms with Crippen molar-refractivity contribution in [1.29, 1.82) is 0 Å². The number of H-pyrrole nitrogens is 1. The largest absolute Gasteiger partial charge is 0.497 e. The number of benzene rings is 1. The normalized spacial score (nSPS) is 17.9. The van der Waals surface area contributed by atoms with E-state index in [1.54, 1.807) is 14.0 Å². The van der Waals surface area contributed by atoms with Crippen molar-refractivity contribution in [2.45, 2.75) is 39.2 Å². The van der Waals surface area contributed by atoms with Gasteiger partial charge in [-0.05, 0) is 36.6 Å². The topological polar surface area (TPSA) is 45.3 Å². The molecule has 2 aromatic rings. The van der Waals surface area contributed by atoms with Crippen LogP contribution in [0.4, 0.5) is 0 Å². The van der Waals surface area contributed by atoms with E-state index in [1.165, 1.54) is 16.6 Å². The molecule has 1 unspecified atom stereocenters. The fraction of sp³-hybridized carbons (Fsp3) is 0.471. The third kappa shape index (κ3) is 2.28. The zero-order valence-electron chi connectivity index (χ0n) is 12.9. The standard InChI is InChI=1S/C17H22N2O2/c1-4-5-16-17-13(8-9-19(16)11(2)20)14-10-12(21-3)6-7-15(14)18-17/h6-7,10,16,18H,4-5,8-9H2,1-3H3. The highest BCUT2D eigenvalue weighted by Crippen LogP contribution is 2.37. The van der Waals surface area contributed by atoms with E-state index in [1.807, 2.05) is 11.0 Å². The van der Waals surface area contributed by atoms with Gasteiger partial charge in [-0.3, -0.25) is 4.79 Å². The number of carbonyl (C=O) groups excluding carboxylic acids is 1. The molecule has 0 spiro atoms. The molecule has 112 valence electrons. The number of hydrogen-bond donors (Lipinski definition) is 1. The molecule has 0 saturated heterocycles. The molecule has 1 aromatic carbocycles. The first kappa shape index (κ1) is 14.0. The summed E-state index contributed by atoms with van der Waals surface area (Å²) in [7, 11) is 1.69. The molecule has 0 fully saturated rings. The summed E-state index contributed by atoms with van der Waals surface area (Å²) in [6.45, 7) is 4.63. The van der Waals surface area contributed by atoms with Crippen LogP contribution >= 0.6 is 0 Å². The number of methoxy groups -OCH3 is 1. The summed E-state index contributed by atoms with van der Waals surface area (Å²) in [6.07, 6.45) is 2.96. The lowest BCUT2D eigenvalue weighted by molar-refractivity contribution is -0.132. The van der Waals surface area contributed by atoms with Crippen molar-refractivity contribution in [2.24, 2.45) is 0 Å². The lowest BCUT2D eigenvalue weighted by Gasteiger charge is -2.35. The van der Waals surface area contributed by atoms with Crippen molar-refractivity contribution in [2.75, 3.05) is 13.7 Å². The third-order valence-corrected chi connectivity index (χ3v) is 4.43. The SMILES string of the molecule is CCCC1c2[nH]c3ccc(OC)cc3c2CCN1C(C)=O. The van der Waals surface area contributed by atoms with Crippen LogP contribution in [0.2, 0.25) is 0 Å².